The van der Waals surface area contributed by atoms with E-state index in [0.29, 0.717) is 6.42 Å². The standard InChI is InChI=1S/C8H15NO5S/c1-2-8(12)5-9(6-8)15(13,14)4-3-7(10)11/h12H,2-6H2,1H3,(H,10,11). The van der Waals surface area contributed by atoms with Crippen molar-refractivity contribution in [2.75, 3.05) is 18.8 Å². The zero-order valence-electron chi connectivity index (χ0n) is 8.51. The van der Waals surface area contributed by atoms with Crippen molar-refractivity contribution in [1.82, 2.24) is 4.31 Å². The van der Waals surface area contributed by atoms with Gasteiger partial charge in [0.15, 0.2) is 0 Å². The summed E-state index contributed by atoms with van der Waals surface area (Å²) in [4.78, 5) is 10.2. The van der Waals surface area contributed by atoms with E-state index in [2.05, 4.69) is 0 Å². The number of carboxylic acids is 1. The fourth-order valence-electron chi connectivity index (χ4n) is 1.38. The van der Waals surface area contributed by atoms with Gasteiger partial charge in [0.1, 0.15) is 0 Å². The Bertz CT molecular complexity index is 344. The lowest BCUT2D eigenvalue weighted by Crippen LogP contribution is -2.63. The van der Waals surface area contributed by atoms with Crippen LogP contribution in [0.4, 0.5) is 0 Å². The van der Waals surface area contributed by atoms with Crippen LogP contribution in [0, 0.1) is 0 Å². The molecule has 0 bridgehead atoms. The summed E-state index contributed by atoms with van der Waals surface area (Å²) < 4.78 is 24.1. The van der Waals surface area contributed by atoms with Crippen LogP contribution in [0.1, 0.15) is 19.8 Å². The van der Waals surface area contributed by atoms with E-state index >= 15 is 0 Å². The minimum atomic E-state index is -3.51. The number of nitrogens with zero attached hydrogens (tertiary/aromatic N) is 1. The second-order valence-electron chi connectivity index (χ2n) is 3.81. The summed E-state index contributed by atoms with van der Waals surface area (Å²) in [7, 11) is -3.51. The molecule has 7 heteroatoms. The minimum absolute atomic E-state index is 0.0749. The molecule has 1 heterocycles. The number of carboxylic acid groups (broad SMARTS) is 1. The zero-order chi connectivity index (χ0) is 11.7. The lowest BCUT2D eigenvalue weighted by Gasteiger charge is -2.44. The molecule has 0 aromatic heterocycles. The average molecular weight is 237 g/mol. The van der Waals surface area contributed by atoms with Gasteiger partial charge in [0.05, 0.1) is 17.8 Å². The van der Waals surface area contributed by atoms with Crippen molar-refractivity contribution in [3.63, 3.8) is 0 Å². The van der Waals surface area contributed by atoms with Gasteiger partial charge >= 0.3 is 5.97 Å². The van der Waals surface area contributed by atoms with Gasteiger partial charge in [-0.3, -0.25) is 4.79 Å². The van der Waals surface area contributed by atoms with Crippen molar-refractivity contribution in [3.8, 4) is 0 Å². The van der Waals surface area contributed by atoms with Crippen LogP contribution < -0.4 is 0 Å². The fourth-order valence-corrected chi connectivity index (χ4v) is 2.94. The molecule has 15 heavy (non-hydrogen) atoms. The summed E-state index contributed by atoms with van der Waals surface area (Å²) in [5.74, 6) is -1.54. The van der Waals surface area contributed by atoms with E-state index < -0.39 is 33.8 Å². The van der Waals surface area contributed by atoms with E-state index in [1.807, 2.05) is 0 Å². The van der Waals surface area contributed by atoms with Crippen LogP contribution in [0.5, 0.6) is 0 Å². The van der Waals surface area contributed by atoms with E-state index in [4.69, 9.17) is 5.11 Å². The molecule has 88 valence electrons. The van der Waals surface area contributed by atoms with Gasteiger partial charge in [-0.15, -0.1) is 0 Å². The lowest BCUT2D eigenvalue weighted by molar-refractivity contribution is -0.136. The highest BCUT2D eigenvalue weighted by atomic mass is 32.2. The highest BCUT2D eigenvalue weighted by molar-refractivity contribution is 7.89. The summed E-state index contributed by atoms with van der Waals surface area (Å²) in [5, 5.41) is 18.0. The maximum Gasteiger partial charge on any atom is 0.304 e. The molecule has 0 aromatic rings. The molecule has 0 unspecified atom stereocenters. The van der Waals surface area contributed by atoms with Crippen LogP contribution in [0.25, 0.3) is 0 Å². The number of rotatable bonds is 5. The average Bonchev–Trinajstić information content (AvgIpc) is 2.10. The maximum atomic E-state index is 11.5. The second-order valence-corrected chi connectivity index (χ2v) is 5.89. The molecule has 1 aliphatic heterocycles. The molecule has 0 aromatic carbocycles. The van der Waals surface area contributed by atoms with Gasteiger partial charge in [-0.25, -0.2) is 8.42 Å². The number of carbonyl (C=O) groups is 1. The maximum absolute atomic E-state index is 11.5. The molecule has 0 atom stereocenters. The van der Waals surface area contributed by atoms with Gasteiger partial charge in [0, 0.05) is 13.1 Å². The van der Waals surface area contributed by atoms with Crippen molar-refractivity contribution in [1.29, 1.82) is 0 Å². The normalized spacial score (nSPS) is 20.9. The molecule has 1 fully saturated rings. The molecular formula is C8H15NO5S. The Hall–Kier alpha value is -0.660. The van der Waals surface area contributed by atoms with Gasteiger partial charge in [-0.2, -0.15) is 4.31 Å². The van der Waals surface area contributed by atoms with Gasteiger partial charge in [0.25, 0.3) is 0 Å². The van der Waals surface area contributed by atoms with Crippen LogP contribution in [0.3, 0.4) is 0 Å². The first kappa shape index (κ1) is 12.4. The molecule has 0 radical (unpaired) electrons. The van der Waals surface area contributed by atoms with E-state index in [-0.39, 0.29) is 13.1 Å². The Morgan fingerprint density at radius 3 is 2.40 bits per heavy atom. The van der Waals surface area contributed by atoms with Crippen LogP contribution in [0.15, 0.2) is 0 Å². The Balaban J connectivity index is 2.49. The van der Waals surface area contributed by atoms with Crippen molar-refractivity contribution in [2.24, 2.45) is 0 Å². The van der Waals surface area contributed by atoms with Crippen LogP contribution in [-0.2, 0) is 14.8 Å². The highest BCUT2D eigenvalue weighted by Gasteiger charge is 2.45. The number of aliphatic hydroxyl groups is 1. The van der Waals surface area contributed by atoms with E-state index in [9.17, 15) is 18.3 Å². The van der Waals surface area contributed by atoms with Crippen molar-refractivity contribution < 1.29 is 23.4 Å². The van der Waals surface area contributed by atoms with Crippen LogP contribution >= 0.6 is 0 Å². The molecule has 1 aliphatic rings. The van der Waals surface area contributed by atoms with Crippen molar-refractivity contribution >= 4 is 16.0 Å². The molecule has 2 N–H and O–H groups in total. The smallest absolute Gasteiger partial charge is 0.304 e. The number of aliphatic carboxylic acids is 1. The Kier molecular flexibility index (Phi) is 3.37. The van der Waals surface area contributed by atoms with Gasteiger partial charge < -0.3 is 10.2 Å². The Morgan fingerprint density at radius 1 is 1.47 bits per heavy atom. The predicted molar refractivity (Wildman–Crippen MR) is 52.9 cm³/mol. The van der Waals surface area contributed by atoms with Gasteiger partial charge in [0.2, 0.25) is 10.0 Å². The van der Waals surface area contributed by atoms with Crippen molar-refractivity contribution in [2.45, 2.75) is 25.4 Å². The molecule has 1 rings (SSSR count). The monoisotopic (exact) mass is 237 g/mol. The quantitative estimate of drug-likeness (QED) is 0.656. The lowest BCUT2D eigenvalue weighted by atomic mass is 9.94. The molecule has 0 saturated carbocycles. The first-order valence-electron chi connectivity index (χ1n) is 4.71. The van der Waals surface area contributed by atoms with E-state index in [1.54, 1.807) is 6.92 Å². The summed E-state index contributed by atoms with van der Waals surface area (Å²) in [5.41, 5.74) is -0.920. The van der Waals surface area contributed by atoms with Crippen LogP contribution in [-0.4, -0.2) is 53.3 Å². The summed E-state index contributed by atoms with van der Waals surface area (Å²) in [6, 6.07) is 0. The number of sulfonamides is 1. The fraction of sp³-hybridized carbons (Fsp3) is 0.875. The third kappa shape index (κ3) is 2.90. The predicted octanol–water partition coefficient (Wildman–Crippen LogP) is -0.752. The van der Waals surface area contributed by atoms with E-state index in [1.165, 1.54) is 0 Å². The molecular weight excluding hydrogens is 222 g/mol. The molecule has 0 amide bonds. The number of hydrogen-bond acceptors (Lipinski definition) is 4. The first-order valence-corrected chi connectivity index (χ1v) is 6.32. The minimum Gasteiger partial charge on any atom is -0.481 e. The van der Waals surface area contributed by atoms with E-state index in [0.717, 1.165) is 4.31 Å². The first-order chi connectivity index (χ1) is 6.79. The molecule has 0 spiro atoms. The topological polar surface area (TPSA) is 94.9 Å². The largest absolute Gasteiger partial charge is 0.481 e. The highest BCUT2D eigenvalue weighted by Crippen LogP contribution is 2.27. The Morgan fingerprint density at radius 2 is 2.00 bits per heavy atom. The third-order valence-electron chi connectivity index (χ3n) is 2.57. The molecule has 1 saturated heterocycles. The Labute approximate surface area is 88.6 Å². The summed E-state index contributed by atoms with van der Waals surface area (Å²) in [6.45, 7) is 1.93. The number of β-amino-alcohol motifs (C(OH)–C–C–N with tert-alkyl or cyclic N) is 1. The second kappa shape index (κ2) is 4.07. The molecule has 6 nitrogen and oxygen atoms in total. The SMILES string of the molecule is CCC1(O)CN(S(=O)(=O)CCC(=O)O)C1. The molecule has 0 aliphatic carbocycles. The van der Waals surface area contributed by atoms with Gasteiger partial charge in [-0.05, 0) is 6.42 Å². The summed E-state index contributed by atoms with van der Waals surface area (Å²) >= 11 is 0. The number of hydrogen-bond donors (Lipinski definition) is 2. The van der Waals surface area contributed by atoms with Crippen LogP contribution in [0.2, 0.25) is 0 Å². The summed E-state index contributed by atoms with van der Waals surface area (Å²) in [6.07, 6.45) is 0.0985. The third-order valence-corrected chi connectivity index (χ3v) is 4.33. The zero-order valence-corrected chi connectivity index (χ0v) is 9.33. The van der Waals surface area contributed by atoms with Crippen molar-refractivity contribution in [3.05, 3.63) is 0 Å². The van der Waals surface area contributed by atoms with Gasteiger partial charge in [-0.1, -0.05) is 6.92 Å².